The molecule has 3 heterocycles. The van der Waals surface area contributed by atoms with Gasteiger partial charge in [0.15, 0.2) is 0 Å². The molecule has 2 aromatic heterocycles. The molecule has 3 rings (SSSR count). The number of hydrogen-bond donors (Lipinski definition) is 0. The van der Waals surface area contributed by atoms with E-state index >= 15 is 0 Å². The van der Waals surface area contributed by atoms with Crippen molar-refractivity contribution in [3.63, 3.8) is 0 Å². The third-order valence-electron chi connectivity index (χ3n) is 5.11. The van der Waals surface area contributed by atoms with Crippen LogP contribution in [0.3, 0.4) is 0 Å². The van der Waals surface area contributed by atoms with E-state index in [4.69, 9.17) is 0 Å². The van der Waals surface area contributed by atoms with Gasteiger partial charge in [-0.3, -0.25) is 14.6 Å². The molecule has 1 saturated heterocycles. The Morgan fingerprint density at radius 1 is 1.35 bits per heavy atom. The van der Waals surface area contributed by atoms with Gasteiger partial charge >= 0.3 is 0 Å². The number of pyridine rings is 1. The van der Waals surface area contributed by atoms with E-state index in [2.05, 4.69) is 21.9 Å². The van der Waals surface area contributed by atoms with Gasteiger partial charge in [0.2, 0.25) is 10.0 Å². The Morgan fingerprint density at radius 2 is 2.15 bits per heavy atom. The maximum absolute atomic E-state index is 12.4. The monoisotopic (exact) mass is 377 g/mol. The van der Waals surface area contributed by atoms with Gasteiger partial charge in [-0.25, -0.2) is 8.42 Å². The first-order chi connectivity index (χ1) is 12.3. The van der Waals surface area contributed by atoms with E-state index in [1.54, 1.807) is 16.7 Å². The van der Waals surface area contributed by atoms with Crippen molar-refractivity contribution in [2.45, 2.75) is 38.9 Å². The molecule has 1 atom stereocenters. The number of aromatic nitrogens is 3. The van der Waals surface area contributed by atoms with Crippen LogP contribution in [0.5, 0.6) is 0 Å². The molecule has 142 valence electrons. The normalized spacial score (nSPS) is 19.2. The summed E-state index contributed by atoms with van der Waals surface area (Å²) in [6.07, 6.45) is 8.51. The first-order valence-electron chi connectivity index (χ1n) is 8.90. The van der Waals surface area contributed by atoms with Gasteiger partial charge in [-0.15, -0.1) is 0 Å². The van der Waals surface area contributed by atoms with E-state index < -0.39 is 10.0 Å². The van der Waals surface area contributed by atoms with Crippen molar-refractivity contribution < 1.29 is 8.42 Å². The van der Waals surface area contributed by atoms with Crippen LogP contribution in [0, 0.1) is 6.92 Å². The predicted octanol–water partition coefficient (Wildman–Crippen LogP) is 1.55. The summed E-state index contributed by atoms with van der Waals surface area (Å²) in [5.74, 6) is 0. The second kappa shape index (κ2) is 7.85. The van der Waals surface area contributed by atoms with Crippen LogP contribution in [0.15, 0.2) is 30.7 Å². The molecule has 0 saturated carbocycles. The molecule has 1 unspecified atom stereocenters. The molecule has 0 bridgehead atoms. The fourth-order valence-corrected chi connectivity index (χ4v) is 4.64. The number of nitrogens with zero attached hydrogens (tertiary/aromatic N) is 5. The summed E-state index contributed by atoms with van der Waals surface area (Å²) in [5, 5.41) is 4.31. The minimum Gasteiger partial charge on any atom is -0.297 e. The fourth-order valence-electron chi connectivity index (χ4n) is 3.54. The van der Waals surface area contributed by atoms with Crippen LogP contribution >= 0.6 is 0 Å². The molecule has 1 fully saturated rings. The van der Waals surface area contributed by atoms with Gasteiger partial charge in [0, 0.05) is 56.4 Å². The van der Waals surface area contributed by atoms with Crippen molar-refractivity contribution >= 4 is 10.0 Å². The SMILES string of the molecule is Cc1c(CN2CCCC(N(Cc3cccnc3)S(C)(=O)=O)C2)cnn1C. The topological polar surface area (TPSA) is 71.3 Å². The van der Waals surface area contributed by atoms with E-state index in [1.165, 1.54) is 11.8 Å². The zero-order valence-corrected chi connectivity index (χ0v) is 16.5. The first-order valence-corrected chi connectivity index (χ1v) is 10.7. The van der Waals surface area contributed by atoms with Crippen molar-refractivity contribution in [3.8, 4) is 0 Å². The second-order valence-corrected chi connectivity index (χ2v) is 9.01. The summed E-state index contributed by atoms with van der Waals surface area (Å²) in [5.41, 5.74) is 3.27. The summed E-state index contributed by atoms with van der Waals surface area (Å²) in [7, 11) is -1.36. The van der Waals surface area contributed by atoms with E-state index in [-0.39, 0.29) is 6.04 Å². The Labute approximate surface area is 155 Å². The third kappa shape index (κ3) is 4.49. The minimum atomic E-state index is -3.30. The number of likely N-dealkylation sites (tertiary alicyclic amines) is 1. The minimum absolute atomic E-state index is 0.0177. The predicted molar refractivity (Wildman–Crippen MR) is 101 cm³/mol. The van der Waals surface area contributed by atoms with Crippen molar-refractivity contribution in [1.82, 2.24) is 24.0 Å². The zero-order chi connectivity index (χ0) is 18.7. The van der Waals surface area contributed by atoms with Crippen LogP contribution < -0.4 is 0 Å². The number of aryl methyl sites for hydroxylation is 1. The van der Waals surface area contributed by atoms with Gasteiger partial charge in [-0.1, -0.05) is 6.07 Å². The molecule has 2 aromatic rings. The van der Waals surface area contributed by atoms with Gasteiger partial charge in [0.1, 0.15) is 0 Å². The van der Waals surface area contributed by atoms with Crippen molar-refractivity contribution in [1.29, 1.82) is 0 Å². The number of hydrogen-bond acceptors (Lipinski definition) is 5. The summed E-state index contributed by atoms with van der Waals surface area (Å²) in [6, 6.07) is 3.75. The van der Waals surface area contributed by atoms with E-state index in [0.717, 1.165) is 43.7 Å². The Morgan fingerprint density at radius 3 is 2.77 bits per heavy atom. The Bertz CT molecular complexity index is 835. The molecule has 1 aliphatic heterocycles. The number of piperidine rings is 1. The van der Waals surface area contributed by atoms with Crippen LogP contribution in [0.2, 0.25) is 0 Å². The Balaban J connectivity index is 1.73. The van der Waals surface area contributed by atoms with Gasteiger partial charge in [0.25, 0.3) is 0 Å². The van der Waals surface area contributed by atoms with Crippen molar-refractivity contribution in [3.05, 3.63) is 47.5 Å². The van der Waals surface area contributed by atoms with Crippen LogP contribution in [-0.4, -0.2) is 57.8 Å². The van der Waals surface area contributed by atoms with E-state index in [9.17, 15) is 8.42 Å². The van der Waals surface area contributed by atoms with Crippen molar-refractivity contribution in [2.24, 2.45) is 7.05 Å². The molecular weight excluding hydrogens is 350 g/mol. The molecule has 1 aliphatic rings. The van der Waals surface area contributed by atoms with Gasteiger partial charge < -0.3 is 0 Å². The van der Waals surface area contributed by atoms with Gasteiger partial charge in [-0.05, 0) is 37.9 Å². The largest absolute Gasteiger partial charge is 0.297 e. The summed E-state index contributed by atoms with van der Waals surface area (Å²) in [4.78, 5) is 6.44. The smallest absolute Gasteiger partial charge is 0.211 e. The zero-order valence-electron chi connectivity index (χ0n) is 15.7. The third-order valence-corrected chi connectivity index (χ3v) is 6.39. The lowest BCUT2D eigenvalue weighted by Crippen LogP contribution is -2.49. The Kier molecular flexibility index (Phi) is 5.74. The highest BCUT2D eigenvalue weighted by molar-refractivity contribution is 7.88. The highest BCUT2D eigenvalue weighted by Crippen LogP contribution is 2.22. The van der Waals surface area contributed by atoms with E-state index in [0.29, 0.717) is 6.54 Å². The first kappa shape index (κ1) is 19.0. The Hall–Kier alpha value is -1.77. The standard InChI is InChI=1S/C18H27N5O2S/c1-15-17(11-20-21(15)2)13-22-9-5-7-18(14-22)23(26(3,24)25)12-16-6-4-8-19-10-16/h4,6,8,10-11,18H,5,7,9,12-14H2,1-3H3. The average Bonchev–Trinajstić information content (AvgIpc) is 2.92. The van der Waals surface area contributed by atoms with Crippen molar-refractivity contribution in [2.75, 3.05) is 19.3 Å². The van der Waals surface area contributed by atoms with Gasteiger partial charge in [0.05, 0.1) is 12.5 Å². The molecule has 0 radical (unpaired) electrons. The lowest BCUT2D eigenvalue weighted by Gasteiger charge is -2.38. The number of rotatable bonds is 6. The van der Waals surface area contributed by atoms with Crippen LogP contribution in [0.25, 0.3) is 0 Å². The quantitative estimate of drug-likeness (QED) is 0.764. The molecule has 0 amide bonds. The molecule has 0 N–H and O–H groups in total. The van der Waals surface area contributed by atoms with Crippen LogP contribution in [0.1, 0.15) is 29.7 Å². The fraction of sp³-hybridized carbons (Fsp3) is 0.556. The highest BCUT2D eigenvalue weighted by Gasteiger charge is 2.31. The summed E-state index contributed by atoms with van der Waals surface area (Å²) < 4.78 is 28.4. The molecule has 0 aromatic carbocycles. The molecule has 8 heteroatoms. The molecule has 26 heavy (non-hydrogen) atoms. The highest BCUT2D eigenvalue weighted by atomic mass is 32.2. The molecule has 7 nitrogen and oxygen atoms in total. The van der Waals surface area contributed by atoms with Gasteiger partial charge in [-0.2, -0.15) is 9.40 Å². The van der Waals surface area contributed by atoms with Crippen LogP contribution in [-0.2, 0) is 30.2 Å². The molecular formula is C18H27N5O2S. The van der Waals surface area contributed by atoms with E-state index in [1.807, 2.05) is 30.1 Å². The summed E-state index contributed by atoms with van der Waals surface area (Å²) in [6.45, 7) is 4.96. The number of sulfonamides is 1. The molecule has 0 aliphatic carbocycles. The maximum Gasteiger partial charge on any atom is 0.211 e. The lowest BCUT2D eigenvalue weighted by atomic mass is 10.0. The molecule has 0 spiro atoms. The van der Waals surface area contributed by atoms with Crippen LogP contribution in [0.4, 0.5) is 0 Å². The summed E-state index contributed by atoms with van der Waals surface area (Å²) >= 11 is 0. The second-order valence-electron chi connectivity index (χ2n) is 7.08. The average molecular weight is 378 g/mol. The lowest BCUT2D eigenvalue weighted by molar-refractivity contribution is 0.139. The maximum atomic E-state index is 12.4.